The Kier molecular flexibility index (Phi) is 18.4. The van der Waals surface area contributed by atoms with Crippen LogP contribution in [0.2, 0.25) is 0 Å². The van der Waals surface area contributed by atoms with Crippen LogP contribution >= 0.6 is 0 Å². The number of aliphatic hydroxyl groups is 1. The van der Waals surface area contributed by atoms with Crippen molar-refractivity contribution in [1.82, 2.24) is 0 Å². The van der Waals surface area contributed by atoms with E-state index in [4.69, 9.17) is 0 Å². The van der Waals surface area contributed by atoms with Crippen LogP contribution in [0, 0.1) is 0 Å². The fourth-order valence-electron chi connectivity index (χ4n) is 3.69. The molecule has 1 N–H and O–H groups in total. The van der Waals surface area contributed by atoms with E-state index >= 15 is 0 Å². The van der Waals surface area contributed by atoms with Gasteiger partial charge in [-0.15, -0.1) is 0 Å². The number of ether oxygens (including phenoxy) is 1. The molecule has 3 nitrogen and oxygen atoms in total. The summed E-state index contributed by atoms with van der Waals surface area (Å²) in [6.07, 6.45) is 24.7. The highest BCUT2D eigenvalue weighted by Gasteiger charge is 2.30. The van der Waals surface area contributed by atoms with E-state index in [0.29, 0.717) is 6.42 Å². The third-order valence-electron chi connectivity index (χ3n) is 5.64. The summed E-state index contributed by atoms with van der Waals surface area (Å²) in [5.41, 5.74) is -1.32. The first-order chi connectivity index (χ1) is 13.0. The molecule has 0 fully saturated rings. The monoisotopic (exact) mass is 384 g/mol. The minimum absolute atomic E-state index is 0.498. The maximum atomic E-state index is 11.4. The van der Waals surface area contributed by atoms with Crippen molar-refractivity contribution < 1.29 is 14.6 Å². The van der Waals surface area contributed by atoms with Gasteiger partial charge in [0.05, 0.1) is 7.11 Å². The fraction of sp³-hybridized carbons (Fsp3) is 0.958. The number of esters is 1. The molecule has 1 atom stereocenters. The Morgan fingerprint density at radius 2 is 0.963 bits per heavy atom. The summed E-state index contributed by atoms with van der Waals surface area (Å²) < 4.78 is 4.61. The van der Waals surface area contributed by atoms with Gasteiger partial charge in [-0.2, -0.15) is 0 Å². The lowest BCUT2D eigenvalue weighted by atomic mass is 9.97. The number of unbranched alkanes of at least 4 members (excludes halogenated alkanes) is 17. The van der Waals surface area contributed by atoms with Crippen molar-refractivity contribution in [1.29, 1.82) is 0 Å². The molecule has 0 amide bonds. The van der Waals surface area contributed by atoms with Crippen LogP contribution in [0.15, 0.2) is 0 Å². The first-order valence-electron chi connectivity index (χ1n) is 11.9. The van der Waals surface area contributed by atoms with Gasteiger partial charge in [-0.3, -0.25) is 0 Å². The summed E-state index contributed by atoms with van der Waals surface area (Å²) in [5, 5.41) is 9.94. The number of carbonyl (C=O) groups is 1. The molecular formula is C24H48O3. The second-order valence-electron chi connectivity index (χ2n) is 8.53. The average Bonchev–Trinajstić information content (AvgIpc) is 2.66. The Hall–Kier alpha value is -0.570. The van der Waals surface area contributed by atoms with Crippen LogP contribution in [-0.4, -0.2) is 23.8 Å². The first-order valence-corrected chi connectivity index (χ1v) is 11.9. The van der Waals surface area contributed by atoms with E-state index in [1.54, 1.807) is 6.92 Å². The molecule has 0 aliphatic rings. The highest BCUT2D eigenvalue weighted by atomic mass is 16.5. The quantitative estimate of drug-likeness (QED) is 0.176. The SMILES string of the molecule is CCCCCCCCCCCCCCCCCCCCC(C)(O)C(=O)OC. The number of hydrogen-bond acceptors (Lipinski definition) is 3. The lowest BCUT2D eigenvalue weighted by Crippen LogP contribution is -2.35. The summed E-state index contributed by atoms with van der Waals surface area (Å²) in [4.78, 5) is 11.4. The molecule has 27 heavy (non-hydrogen) atoms. The predicted octanol–water partition coefficient (Wildman–Crippen LogP) is 7.34. The highest BCUT2D eigenvalue weighted by Crippen LogP contribution is 2.18. The van der Waals surface area contributed by atoms with Crippen LogP contribution in [0.1, 0.15) is 136 Å². The minimum Gasteiger partial charge on any atom is -0.467 e. The smallest absolute Gasteiger partial charge is 0.337 e. The van der Waals surface area contributed by atoms with E-state index in [2.05, 4.69) is 11.7 Å². The van der Waals surface area contributed by atoms with Gasteiger partial charge in [0.25, 0.3) is 0 Å². The van der Waals surface area contributed by atoms with Gasteiger partial charge in [0.15, 0.2) is 5.60 Å². The fourth-order valence-corrected chi connectivity index (χ4v) is 3.69. The van der Waals surface area contributed by atoms with Crippen molar-refractivity contribution >= 4 is 5.97 Å². The lowest BCUT2D eigenvalue weighted by molar-refractivity contribution is -0.161. The molecule has 3 heteroatoms. The zero-order chi connectivity index (χ0) is 20.2. The molecule has 0 saturated carbocycles. The molecule has 162 valence electrons. The average molecular weight is 385 g/mol. The van der Waals surface area contributed by atoms with Crippen molar-refractivity contribution in [2.45, 2.75) is 141 Å². The summed E-state index contributed by atoms with van der Waals surface area (Å²) >= 11 is 0. The molecule has 0 radical (unpaired) electrons. The molecule has 0 rings (SSSR count). The van der Waals surface area contributed by atoms with Gasteiger partial charge in [0.2, 0.25) is 0 Å². The molecule has 0 spiro atoms. The van der Waals surface area contributed by atoms with Gasteiger partial charge in [-0.05, 0) is 19.8 Å². The molecule has 0 aromatic rings. The summed E-state index contributed by atoms with van der Waals surface area (Å²) in [6, 6.07) is 0. The summed E-state index contributed by atoms with van der Waals surface area (Å²) in [6.45, 7) is 3.83. The molecule has 0 heterocycles. The standard InChI is InChI=1S/C24H48O3/c1-4-5-6-7-8-9-10-11-12-13-14-15-16-17-18-19-20-21-22-24(2,26)23(25)27-3/h26H,4-22H2,1-3H3. The van der Waals surface area contributed by atoms with Crippen LogP contribution in [0.3, 0.4) is 0 Å². The van der Waals surface area contributed by atoms with Crippen molar-refractivity contribution in [3.8, 4) is 0 Å². The van der Waals surface area contributed by atoms with Crippen LogP contribution in [-0.2, 0) is 9.53 Å². The molecule has 1 unspecified atom stereocenters. The first kappa shape index (κ1) is 26.4. The topological polar surface area (TPSA) is 46.5 Å². The summed E-state index contributed by atoms with van der Waals surface area (Å²) in [7, 11) is 1.33. The number of rotatable bonds is 20. The number of hydrogen-bond donors (Lipinski definition) is 1. The Balaban J connectivity index is 3.18. The van der Waals surface area contributed by atoms with E-state index in [-0.39, 0.29) is 0 Å². The molecule has 0 aliphatic heterocycles. The van der Waals surface area contributed by atoms with Crippen molar-refractivity contribution in [3.05, 3.63) is 0 Å². The van der Waals surface area contributed by atoms with E-state index in [9.17, 15) is 9.90 Å². The second kappa shape index (κ2) is 18.8. The Morgan fingerprint density at radius 1 is 0.667 bits per heavy atom. The van der Waals surface area contributed by atoms with Gasteiger partial charge < -0.3 is 9.84 Å². The van der Waals surface area contributed by atoms with Gasteiger partial charge in [0, 0.05) is 0 Å². The van der Waals surface area contributed by atoms with E-state index < -0.39 is 11.6 Å². The third kappa shape index (κ3) is 17.3. The van der Waals surface area contributed by atoms with Crippen LogP contribution in [0.25, 0.3) is 0 Å². The zero-order valence-corrected chi connectivity index (χ0v) is 18.7. The molecular weight excluding hydrogens is 336 g/mol. The van der Waals surface area contributed by atoms with Crippen molar-refractivity contribution in [2.75, 3.05) is 7.11 Å². The van der Waals surface area contributed by atoms with E-state index in [1.165, 1.54) is 110 Å². The normalized spacial score (nSPS) is 13.5. The molecule has 0 bridgehead atoms. The third-order valence-corrected chi connectivity index (χ3v) is 5.64. The van der Waals surface area contributed by atoms with Crippen LogP contribution in [0.4, 0.5) is 0 Å². The molecule has 0 aromatic carbocycles. The number of methoxy groups -OCH3 is 1. The minimum atomic E-state index is -1.32. The van der Waals surface area contributed by atoms with Crippen LogP contribution in [0.5, 0.6) is 0 Å². The van der Waals surface area contributed by atoms with Gasteiger partial charge in [-0.1, -0.05) is 116 Å². The van der Waals surface area contributed by atoms with Crippen molar-refractivity contribution in [2.24, 2.45) is 0 Å². The largest absolute Gasteiger partial charge is 0.467 e. The van der Waals surface area contributed by atoms with Crippen molar-refractivity contribution in [3.63, 3.8) is 0 Å². The number of carbonyl (C=O) groups excluding carboxylic acids is 1. The van der Waals surface area contributed by atoms with Gasteiger partial charge in [-0.25, -0.2) is 4.79 Å². The maximum Gasteiger partial charge on any atom is 0.337 e. The van der Waals surface area contributed by atoms with Gasteiger partial charge in [0.1, 0.15) is 0 Å². The molecule has 0 saturated heterocycles. The molecule has 0 aromatic heterocycles. The van der Waals surface area contributed by atoms with E-state index in [0.717, 1.165) is 12.8 Å². The Morgan fingerprint density at radius 3 is 1.26 bits per heavy atom. The predicted molar refractivity (Wildman–Crippen MR) is 116 cm³/mol. The zero-order valence-electron chi connectivity index (χ0n) is 18.7. The van der Waals surface area contributed by atoms with E-state index in [1.807, 2.05) is 0 Å². The van der Waals surface area contributed by atoms with Gasteiger partial charge >= 0.3 is 5.97 Å². The second-order valence-corrected chi connectivity index (χ2v) is 8.53. The highest BCUT2D eigenvalue weighted by molar-refractivity contribution is 5.78. The lowest BCUT2D eigenvalue weighted by Gasteiger charge is -2.19. The molecule has 0 aliphatic carbocycles. The van der Waals surface area contributed by atoms with Crippen LogP contribution < -0.4 is 0 Å². The Labute approximate surface area is 169 Å². The Bertz CT molecular complexity index is 326. The summed E-state index contributed by atoms with van der Waals surface area (Å²) in [5.74, 6) is -0.519. The maximum absolute atomic E-state index is 11.4.